The second-order valence-corrected chi connectivity index (χ2v) is 9.29. The quantitative estimate of drug-likeness (QED) is 0.249. The molecule has 176 valence electrons. The first kappa shape index (κ1) is 24.4. The van der Waals surface area contributed by atoms with Gasteiger partial charge in [0.2, 0.25) is 0 Å². The summed E-state index contributed by atoms with van der Waals surface area (Å²) in [5, 5.41) is 0.556. The van der Waals surface area contributed by atoms with Crippen molar-refractivity contribution in [2.45, 2.75) is 32.0 Å². The average Bonchev–Trinajstić information content (AvgIpc) is 3.20. The highest BCUT2D eigenvalue weighted by Crippen LogP contribution is 2.45. The van der Waals surface area contributed by atoms with Gasteiger partial charge in [0.25, 0.3) is 0 Å². The third-order valence-electron chi connectivity index (χ3n) is 5.47. The molecule has 2 atom stereocenters. The zero-order valence-electron chi connectivity index (χ0n) is 18.8. The maximum absolute atomic E-state index is 12.9. The number of amides is 1. The van der Waals surface area contributed by atoms with E-state index in [2.05, 4.69) is 0 Å². The Bertz CT molecular complexity index is 1210. The van der Waals surface area contributed by atoms with Crippen molar-refractivity contribution in [1.29, 1.82) is 0 Å². The Morgan fingerprint density at radius 1 is 0.941 bits per heavy atom. The van der Waals surface area contributed by atoms with Crippen LogP contribution in [0.3, 0.4) is 0 Å². The van der Waals surface area contributed by atoms with E-state index in [0.717, 1.165) is 11.1 Å². The highest BCUT2D eigenvalue weighted by molar-refractivity contribution is 6.64. The molecule has 34 heavy (non-hydrogen) atoms. The molecule has 0 aromatic heterocycles. The summed E-state index contributed by atoms with van der Waals surface area (Å²) in [4.78, 5) is 19.4. The fourth-order valence-corrected chi connectivity index (χ4v) is 4.44. The topological polar surface area (TPSA) is 51.1 Å². The largest absolute Gasteiger partial charge is 0.497 e. The van der Waals surface area contributed by atoms with Crippen LogP contribution in [0.25, 0.3) is 0 Å². The van der Waals surface area contributed by atoms with Crippen LogP contribution in [-0.4, -0.2) is 29.3 Å². The first-order chi connectivity index (χ1) is 16.3. The smallest absolute Gasteiger partial charge is 0.322 e. The first-order valence-electron chi connectivity index (χ1n) is 10.7. The lowest BCUT2D eigenvalue weighted by Crippen LogP contribution is -2.34. The van der Waals surface area contributed by atoms with Crippen LogP contribution >= 0.6 is 34.8 Å². The average molecular weight is 518 g/mol. The molecule has 3 aromatic carbocycles. The normalized spacial score (nSPS) is 17.6. The number of carbonyl (C=O) groups excluding carboxylic acids is 1. The summed E-state index contributed by atoms with van der Waals surface area (Å²) < 4.78 is 11.4. The van der Waals surface area contributed by atoms with Crippen LogP contribution in [-0.2, 0) is 0 Å². The summed E-state index contributed by atoms with van der Waals surface area (Å²) in [7, 11) is 1.59. The molecule has 3 aromatic rings. The van der Waals surface area contributed by atoms with Crippen molar-refractivity contribution in [3.05, 3.63) is 93.5 Å². The molecule has 8 heteroatoms. The number of benzene rings is 3. The van der Waals surface area contributed by atoms with Crippen LogP contribution in [0.2, 0.25) is 10.0 Å². The molecule has 0 bridgehead atoms. The first-order valence-corrected chi connectivity index (χ1v) is 11.8. The van der Waals surface area contributed by atoms with E-state index in [1.165, 1.54) is 4.90 Å². The lowest BCUT2D eigenvalue weighted by Gasteiger charge is -2.28. The molecule has 0 saturated heterocycles. The summed E-state index contributed by atoms with van der Waals surface area (Å²) in [6.07, 6.45) is -0.105. The number of rotatable bonds is 6. The third kappa shape index (κ3) is 5.02. The molecule has 0 aliphatic carbocycles. The molecule has 5 nitrogen and oxygen atoms in total. The van der Waals surface area contributed by atoms with Gasteiger partial charge in [0, 0.05) is 16.1 Å². The number of aliphatic imine (C=N–C) groups is 1. The molecule has 2 unspecified atom stereocenters. The minimum Gasteiger partial charge on any atom is -0.497 e. The van der Waals surface area contributed by atoms with E-state index in [4.69, 9.17) is 49.3 Å². The van der Waals surface area contributed by atoms with Gasteiger partial charge in [0.15, 0.2) is 0 Å². The predicted molar refractivity (Wildman–Crippen MR) is 137 cm³/mol. The number of methoxy groups -OCH3 is 1. The summed E-state index contributed by atoms with van der Waals surface area (Å²) >= 11 is 18.5. The second kappa shape index (κ2) is 10.3. The Morgan fingerprint density at radius 2 is 1.53 bits per heavy atom. The Hall–Kier alpha value is -2.73. The minimum atomic E-state index is -0.651. The van der Waals surface area contributed by atoms with E-state index >= 15 is 0 Å². The molecule has 0 radical (unpaired) electrons. The van der Waals surface area contributed by atoms with Gasteiger partial charge < -0.3 is 9.47 Å². The number of nitrogens with zero attached hydrogens (tertiary/aromatic N) is 2. The van der Waals surface area contributed by atoms with Crippen LogP contribution in [0, 0.1) is 0 Å². The Balaban J connectivity index is 1.91. The van der Waals surface area contributed by atoms with Gasteiger partial charge in [-0.1, -0.05) is 47.5 Å². The van der Waals surface area contributed by atoms with Gasteiger partial charge in [-0.15, -0.1) is 0 Å². The summed E-state index contributed by atoms with van der Waals surface area (Å²) in [5.74, 6) is 1.59. The van der Waals surface area contributed by atoms with Crippen LogP contribution in [0.1, 0.15) is 42.6 Å². The number of hydrogen-bond donors (Lipinski definition) is 0. The van der Waals surface area contributed by atoms with Gasteiger partial charge in [0.05, 0.1) is 24.8 Å². The molecule has 0 saturated carbocycles. The van der Waals surface area contributed by atoms with Crippen molar-refractivity contribution in [3.63, 3.8) is 0 Å². The molecule has 1 aliphatic rings. The predicted octanol–water partition coefficient (Wildman–Crippen LogP) is 7.69. The van der Waals surface area contributed by atoms with Crippen LogP contribution < -0.4 is 9.47 Å². The van der Waals surface area contributed by atoms with Crippen molar-refractivity contribution in [2.75, 3.05) is 7.11 Å². The summed E-state index contributed by atoms with van der Waals surface area (Å²) in [6.45, 7) is 3.86. The molecule has 1 aliphatic heterocycles. The van der Waals surface area contributed by atoms with Gasteiger partial charge in [-0.3, -0.25) is 14.7 Å². The van der Waals surface area contributed by atoms with E-state index in [9.17, 15) is 4.79 Å². The van der Waals surface area contributed by atoms with Crippen LogP contribution in [0.15, 0.2) is 71.7 Å². The maximum Gasteiger partial charge on any atom is 0.322 e. The van der Waals surface area contributed by atoms with Crippen LogP contribution in [0.4, 0.5) is 4.79 Å². The van der Waals surface area contributed by atoms with Crippen LogP contribution in [0.5, 0.6) is 11.5 Å². The summed E-state index contributed by atoms with van der Waals surface area (Å²) in [6, 6.07) is 19.2. The molecule has 4 rings (SSSR count). The van der Waals surface area contributed by atoms with Gasteiger partial charge in [-0.25, -0.2) is 0 Å². The lowest BCUT2D eigenvalue weighted by atomic mass is 9.94. The third-order valence-corrected chi connectivity index (χ3v) is 6.16. The molecule has 1 heterocycles. The van der Waals surface area contributed by atoms with E-state index in [-0.39, 0.29) is 6.10 Å². The molecule has 0 spiro atoms. The number of ether oxygens (including phenoxy) is 2. The van der Waals surface area contributed by atoms with Gasteiger partial charge in [0.1, 0.15) is 23.4 Å². The Labute approximate surface area is 213 Å². The molecular formula is C26H23Cl3N2O3. The molecular weight excluding hydrogens is 495 g/mol. The highest BCUT2D eigenvalue weighted by Gasteiger charge is 2.42. The van der Waals surface area contributed by atoms with Crippen molar-refractivity contribution >= 4 is 46.0 Å². The lowest BCUT2D eigenvalue weighted by molar-refractivity contribution is 0.230. The molecule has 1 amide bonds. The number of amidine groups is 1. The fourth-order valence-electron chi connectivity index (χ4n) is 4.00. The van der Waals surface area contributed by atoms with Crippen molar-refractivity contribution < 1.29 is 14.3 Å². The van der Waals surface area contributed by atoms with Crippen molar-refractivity contribution in [2.24, 2.45) is 4.99 Å². The zero-order valence-corrected chi connectivity index (χ0v) is 21.1. The standard InChI is InChI=1S/C26H23Cl3N2O3/c1-15(2)34-22-14-20(33-3)12-13-21(22)25-30-23(16-4-8-18(27)9-5-16)24(31(25)26(29)32)17-6-10-19(28)11-7-17/h4-15,23-24H,1-3H3. The van der Waals surface area contributed by atoms with E-state index in [0.29, 0.717) is 32.9 Å². The number of hydrogen-bond acceptors (Lipinski definition) is 4. The molecule has 0 N–H and O–H groups in total. The number of carbonyl (C=O) groups is 1. The Morgan fingerprint density at radius 3 is 2.06 bits per heavy atom. The van der Waals surface area contributed by atoms with Gasteiger partial charge in [-0.2, -0.15) is 0 Å². The second-order valence-electron chi connectivity index (χ2n) is 8.10. The van der Waals surface area contributed by atoms with E-state index in [1.54, 1.807) is 43.5 Å². The summed E-state index contributed by atoms with van der Waals surface area (Å²) in [5.41, 5.74) is 2.37. The maximum atomic E-state index is 12.9. The van der Waals surface area contributed by atoms with Crippen molar-refractivity contribution in [1.82, 2.24) is 4.90 Å². The van der Waals surface area contributed by atoms with Gasteiger partial charge >= 0.3 is 5.37 Å². The zero-order chi connectivity index (χ0) is 24.4. The SMILES string of the molecule is COc1ccc(C2=NC(c3ccc(Cl)cc3)C(c3ccc(Cl)cc3)N2C(=O)Cl)c(OC(C)C)c1. The molecule has 0 fully saturated rings. The Kier molecular flexibility index (Phi) is 7.36. The monoisotopic (exact) mass is 516 g/mol. The van der Waals surface area contributed by atoms with E-state index in [1.807, 2.05) is 44.2 Å². The van der Waals surface area contributed by atoms with Gasteiger partial charge in [-0.05, 0) is 73.0 Å². The van der Waals surface area contributed by atoms with Crippen molar-refractivity contribution in [3.8, 4) is 11.5 Å². The highest BCUT2D eigenvalue weighted by atomic mass is 35.5. The van der Waals surface area contributed by atoms with E-state index < -0.39 is 17.5 Å². The number of halogens is 3. The minimum absolute atomic E-state index is 0.105. The fraction of sp³-hybridized carbons (Fsp3) is 0.231.